The van der Waals surface area contributed by atoms with Gasteiger partial charge in [0.25, 0.3) is 0 Å². The van der Waals surface area contributed by atoms with Crippen LogP contribution in [-0.2, 0) is 0 Å². The molecule has 1 aromatic rings. The summed E-state index contributed by atoms with van der Waals surface area (Å²) in [5.41, 5.74) is -0.0569. The summed E-state index contributed by atoms with van der Waals surface area (Å²) in [6.07, 6.45) is 0. The van der Waals surface area contributed by atoms with Crippen molar-refractivity contribution in [2.45, 2.75) is 6.92 Å². The van der Waals surface area contributed by atoms with Crippen LogP contribution in [0.4, 0.5) is 4.39 Å². The van der Waals surface area contributed by atoms with E-state index in [2.05, 4.69) is 0 Å². The molecule has 0 heterocycles. The molecule has 0 saturated heterocycles. The topological polar surface area (TPSA) is 61.1 Å². The highest BCUT2D eigenvalue weighted by molar-refractivity contribution is 5.90. The number of aromatic carboxylic acids is 1. The van der Waals surface area contributed by atoms with Crippen LogP contribution in [-0.4, -0.2) is 11.1 Å². The average molecular weight is 179 g/mol. The van der Waals surface area contributed by atoms with Crippen molar-refractivity contribution < 1.29 is 14.3 Å². The van der Waals surface area contributed by atoms with Crippen molar-refractivity contribution in [3.63, 3.8) is 0 Å². The van der Waals surface area contributed by atoms with Gasteiger partial charge in [-0.25, -0.2) is 9.18 Å². The number of aryl methyl sites for hydroxylation is 1. The number of nitriles is 1. The standard InChI is InChI=1S/C9H6FNO2/c1-5-2-6(4-11)7(9(12)13)3-8(5)10/h2-3H,1H3,(H,12,13). The number of hydrogen-bond acceptors (Lipinski definition) is 2. The molecule has 1 N–H and O–H groups in total. The van der Waals surface area contributed by atoms with Gasteiger partial charge in [-0.15, -0.1) is 0 Å². The molecule has 13 heavy (non-hydrogen) atoms. The molecule has 0 atom stereocenters. The Kier molecular flexibility index (Phi) is 2.29. The van der Waals surface area contributed by atoms with Gasteiger partial charge in [-0.2, -0.15) is 5.26 Å². The van der Waals surface area contributed by atoms with Gasteiger partial charge in [-0.1, -0.05) is 0 Å². The van der Waals surface area contributed by atoms with E-state index in [1.807, 2.05) is 0 Å². The van der Waals surface area contributed by atoms with Crippen molar-refractivity contribution in [2.75, 3.05) is 0 Å². The van der Waals surface area contributed by atoms with E-state index in [0.29, 0.717) is 0 Å². The predicted octanol–water partition coefficient (Wildman–Crippen LogP) is 1.70. The maximum Gasteiger partial charge on any atom is 0.337 e. The van der Waals surface area contributed by atoms with Crippen molar-refractivity contribution >= 4 is 5.97 Å². The Labute approximate surface area is 74.0 Å². The number of carboxylic acid groups (broad SMARTS) is 1. The van der Waals surface area contributed by atoms with Crippen LogP contribution in [0, 0.1) is 24.1 Å². The van der Waals surface area contributed by atoms with E-state index in [1.54, 1.807) is 6.07 Å². The Morgan fingerprint density at radius 2 is 2.23 bits per heavy atom. The summed E-state index contributed by atoms with van der Waals surface area (Å²) in [5.74, 6) is -1.91. The third-order valence-corrected chi connectivity index (χ3v) is 1.65. The number of carbonyl (C=O) groups is 1. The van der Waals surface area contributed by atoms with Crippen LogP contribution in [0.3, 0.4) is 0 Å². The quantitative estimate of drug-likeness (QED) is 0.713. The molecule has 66 valence electrons. The molecule has 0 spiro atoms. The lowest BCUT2D eigenvalue weighted by molar-refractivity contribution is 0.0696. The highest BCUT2D eigenvalue weighted by atomic mass is 19.1. The Morgan fingerprint density at radius 1 is 1.62 bits per heavy atom. The molecule has 0 bridgehead atoms. The van der Waals surface area contributed by atoms with E-state index in [-0.39, 0.29) is 16.7 Å². The van der Waals surface area contributed by atoms with Gasteiger partial charge < -0.3 is 5.11 Å². The van der Waals surface area contributed by atoms with Crippen LogP contribution < -0.4 is 0 Å². The van der Waals surface area contributed by atoms with Gasteiger partial charge in [0, 0.05) is 0 Å². The minimum absolute atomic E-state index is 0.0219. The number of benzene rings is 1. The highest BCUT2D eigenvalue weighted by Gasteiger charge is 2.12. The molecule has 1 rings (SSSR count). The van der Waals surface area contributed by atoms with Crippen molar-refractivity contribution in [2.24, 2.45) is 0 Å². The van der Waals surface area contributed by atoms with Gasteiger partial charge >= 0.3 is 5.97 Å². The van der Waals surface area contributed by atoms with E-state index in [1.165, 1.54) is 13.0 Å². The van der Waals surface area contributed by atoms with E-state index >= 15 is 0 Å². The fourth-order valence-corrected chi connectivity index (χ4v) is 0.951. The minimum atomic E-state index is -1.30. The second-order valence-electron chi connectivity index (χ2n) is 2.56. The zero-order valence-electron chi connectivity index (χ0n) is 6.84. The Balaban J connectivity index is 3.44. The number of hydrogen-bond donors (Lipinski definition) is 1. The summed E-state index contributed by atoms with van der Waals surface area (Å²) in [6.45, 7) is 1.47. The summed E-state index contributed by atoms with van der Waals surface area (Å²) in [7, 11) is 0. The van der Waals surface area contributed by atoms with Crippen molar-refractivity contribution in [1.29, 1.82) is 5.26 Å². The van der Waals surface area contributed by atoms with Gasteiger partial charge in [0.15, 0.2) is 0 Å². The summed E-state index contributed by atoms with van der Waals surface area (Å²) in [4.78, 5) is 10.5. The van der Waals surface area contributed by atoms with Crippen molar-refractivity contribution in [3.8, 4) is 6.07 Å². The monoisotopic (exact) mass is 179 g/mol. The summed E-state index contributed by atoms with van der Waals surface area (Å²) < 4.78 is 12.9. The summed E-state index contributed by atoms with van der Waals surface area (Å²) in [5, 5.41) is 17.1. The third kappa shape index (κ3) is 1.64. The molecular formula is C9H6FNO2. The SMILES string of the molecule is Cc1cc(C#N)c(C(=O)O)cc1F. The van der Waals surface area contributed by atoms with E-state index in [0.717, 1.165) is 6.07 Å². The molecule has 4 heteroatoms. The number of nitrogens with zero attached hydrogens (tertiary/aromatic N) is 1. The zero-order valence-corrected chi connectivity index (χ0v) is 6.84. The largest absolute Gasteiger partial charge is 0.478 e. The van der Waals surface area contributed by atoms with Gasteiger partial charge in [0.1, 0.15) is 11.9 Å². The molecule has 0 aliphatic carbocycles. The molecule has 0 aliphatic heterocycles. The molecule has 0 aromatic heterocycles. The fraction of sp³-hybridized carbons (Fsp3) is 0.111. The fourth-order valence-electron chi connectivity index (χ4n) is 0.951. The van der Waals surface area contributed by atoms with E-state index < -0.39 is 11.8 Å². The second-order valence-corrected chi connectivity index (χ2v) is 2.56. The first-order valence-electron chi connectivity index (χ1n) is 3.50. The van der Waals surface area contributed by atoms with Gasteiger partial charge in [0.2, 0.25) is 0 Å². The maximum atomic E-state index is 12.9. The minimum Gasteiger partial charge on any atom is -0.478 e. The first-order valence-corrected chi connectivity index (χ1v) is 3.50. The lowest BCUT2D eigenvalue weighted by Crippen LogP contribution is -2.02. The lowest BCUT2D eigenvalue weighted by Gasteiger charge is -2.00. The molecule has 0 aliphatic rings. The third-order valence-electron chi connectivity index (χ3n) is 1.65. The lowest BCUT2D eigenvalue weighted by atomic mass is 10.1. The highest BCUT2D eigenvalue weighted by Crippen LogP contribution is 2.14. The number of rotatable bonds is 1. The smallest absolute Gasteiger partial charge is 0.337 e. The van der Waals surface area contributed by atoms with Crippen molar-refractivity contribution in [1.82, 2.24) is 0 Å². The number of carboxylic acids is 1. The Bertz CT molecular complexity index is 407. The van der Waals surface area contributed by atoms with Crippen LogP contribution in [0.1, 0.15) is 21.5 Å². The summed E-state index contributed by atoms with van der Waals surface area (Å²) >= 11 is 0. The zero-order chi connectivity index (χ0) is 10.0. The van der Waals surface area contributed by atoms with E-state index in [9.17, 15) is 9.18 Å². The van der Waals surface area contributed by atoms with Gasteiger partial charge in [-0.3, -0.25) is 0 Å². The van der Waals surface area contributed by atoms with Crippen LogP contribution in [0.2, 0.25) is 0 Å². The second kappa shape index (κ2) is 3.23. The van der Waals surface area contributed by atoms with Gasteiger partial charge in [-0.05, 0) is 24.6 Å². The Morgan fingerprint density at radius 3 is 2.69 bits per heavy atom. The van der Waals surface area contributed by atoms with E-state index in [4.69, 9.17) is 10.4 Å². The predicted molar refractivity (Wildman–Crippen MR) is 42.8 cm³/mol. The van der Waals surface area contributed by atoms with Crippen LogP contribution in [0.25, 0.3) is 0 Å². The molecule has 0 fully saturated rings. The molecule has 0 saturated carbocycles. The molecule has 0 radical (unpaired) electrons. The first-order chi connectivity index (χ1) is 6.06. The van der Waals surface area contributed by atoms with Gasteiger partial charge in [0.05, 0.1) is 11.1 Å². The van der Waals surface area contributed by atoms with Crippen molar-refractivity contribution in [3.05, 3.63) is 34.6 Å². The average Bonchev–Trinajstić information content (AvgIpc) is 2.08. The van der Waals surface area contributed by atoms with Crippen LogP contribution >= 0.6 is 0 Å². The molecule has 0 unspecified atom stereocenters. The van der Waals surface area contributed by atoms with Crippen LogP contribution in [0.15, 0.2) is 12.1 Å². The normalized spacial score (nSPS) is 9.31. The molecule has 1 aromatic carbocycles. The number of halogens is 1. The molecular weight excluding hydrogens is 173 g/mol. The van der Waals surface area contributed by atoms with Crippen LogP contribution in [0.5, 0.6) is 0 Å². The maximum absolute atomic E-state index is 12.9. The molecule has 0 amide bonds. The Hall–Kier alpha value is -1.89. The summed E-state index contributed by atoms with van der Waals surface area (Å²) in [6, 6.07) is 3.78. The molecule has 3 nitrogen and oxygen atoms in total. The first kappa shape index (κ1) is 9.20.